The van der Waals surface area contributed by atoms with Crippen molar-refractivity contribution in [3.63, 3.8) is 0 Å². The van der Waals surface area contributed by atoms with Crippen molar-refractivity contribution in [1.29, 1.82) is 0 Å². The summed E-state index contributed by atoms with van der Waals surface area (Å²) >= 11 is 0. The van der Waals surface area contributed by atoms with Crippen molar-refractivity contribution in [3.8, 4) is 0 Å². The Hall–Kier alpha value is -4.87. The van der Waals surface area contributed by atoms with Crippen molar-refractivity contribution in [2.75, 3.05) is 16.5 Å². The topological polar surface area (TPSA) is 53.4 Å². The minimum atomic E-state index is -1.47. The maximum atomic E-state index is 12.8. The van der Waals surface area contributed by atoms with E-state index in [9.17, 15) is 10.2 Å². The molecule has 7 heteroatoms. The van der Waals surface area contributed by atoms with Crippen LogP contribution in [0.15, 0.2) is 181 Å². The minimum absolute atomic E-state index is 0. The van der Waals surface area contributed by atoms with Gasteiger partial charge in [-0.25, -0.2) is 0 Å². The Bertz CT molecular complexity index is 1900. The summed E-state index contributed by atoms with van der Waals surface area (Å²) in [7, 11) is 0. The molecule has 0 radical (unpaired) electrons. The van der Waals surface area contributed by atoms with Gasteiger partial charge < -0.3 is 29.8 Å². The number of allylic oxidation sites excluding steroid dienone is 4. The SMILES string of the molecule is OC(c1ccccc1)(c1ccccc1)N1[CH-]N(CN2[CH-]N(C(O)(c3ccccc3)c3ccccc3)c3ccccc32)C2=C1CC=CC=C2.[Pt+2]. The van der Waals surface area contributed by atoms with E-state index in [4.69, 9.17) is 0 Å². The van der Waals surface area contributed by atoms with Crippen LogP contribution < -0.4 is 9.80 Å². The van der Waals surface area contributed by atoms with Crippen LogP contribution in [0, 0.1) is 13.3 Å². The van der Waals surface area contributed by atoms with Gasteiger partial charge in [-0.2, -0.15) is 13.3 Å². The third-order valence-corrected chi connectivity index (χ3v) is 9.38. The number of fused-ring (bicyclic) bond motifs is 1. The van der Waals surface area contributed by atoms with Crippen LogP contribution in [0.5, 0.6) is 0 Å². The average molecular weight is 824 g/mol. The first kappa shape index (κ1) is 32.7. The van der Waals surface area contributed by atoms with Gasteiger partial charge in [0.15, 0.2) is 11.4 Å². The fourth-order valence-corrected chi connectivity index (χ4v) is 7.03. The minimum Gasteiger partial charge on any atom is -0.488 e. The second-order valence-corrected chi connectivity index (χ2v) is 12.2. The normalized spacial score (nSPS) is 15.6. The quantitative estimate of drug-likeness (QED) is 0.157. The van der Waals surface area contributed by atoms with Crippen LogP contribution in [-0.4, -0.2) is 26.7 Å². The molecule has 5 aromatic rings. The number of rotatable bonds is 8. The molecule has 0 saturated carbocycles. The number of nitrogens with zero attached hydrogens (tertiary/aromatic N) is 4. The molecule has 2 N–H and O–H groups in total. The summed E-state index contributed by atoms with van der Waals surface area (Å²) in [5, 5.41) is 25.6. The summed E-state index contributed by atoms with van der Waals surface area (Å²) in [5.41, 5.74) is 4.00. The van der Waals surface area contributed by atoms with Crippen LogP contribution in [0.2, 0.25) is 0 Å². The van der Waals surface area contributed by atoms with E-state index in [1.54, 1.807) is 0 Å². The second kappa shape index (κ2) is 13.6. The van der Waals surface area contributed by atoms with E-state index < -0.39 is 11.4 Å². The molecule has 6 nitrogen and oxygen atoms in total. The number of para-hydroxylation sites is 2. The van der Waals surface area contributed by atoms with Gasteiger partial charge in [-0.05, 0) is 18.2 Å². The molecule has 0 bridgehead atoms. The molecule has 8 rings (SSSR count). The van der Waals surface area contributed by atoms with Gasteiger partial charge in [0.2, 0.25) is 0 Å². The molecule has 2 heterocycles. The van der Waals surface area contributed by atoms with Gasteiger partial charge in [0.05, 0.1) is 0 Å². The van der Waals surface area contributed by atoms with Crippen LogP contribution in [-0.2, 0) is 32.5 Å². The molecule has 246 valence electrons. The molecular weight excluding hydrogens is 788 g/mol. The first-order valence-electron chi connectivity index (χ1n) is 16.2. The predicted molar refractivity (Wildman–Crippen MR) is 190 cm³/mol. The summed E-state index contributed by atoms with van der Waals surface area (Å²) in [6.45, 7) is 4.46. The first-order valence-corrected chi connectivity index (χ1v) is 16.2. The van der Waals surface area contributed by atoms with Crippen molar-refractivity contribution in [3.05, 3.63) is 217 Å². The van der Waals surface area contributed by atoms with Crippen molar-refractivity contribution < 1.29 is 31.3 Å². The third kappa shape index (κ3) is 5.60. The zero-order chi connectivity index (χ0) is 32.6. The van der Waals surface area contributed by atoms with Crippen molar-refractivity contribution in [2.24, 2.45) is 0 Å². The van der Waals surface area contributed by atoms with Gasteiger partial charge in [0, 0.05) is 58.1 Å². The fourth-order valence-electron chi connectivity index (χ4n) is 7.03. The molecule has 2 aliphatic heterocycles. The van der Waals surface area contributed by atoms with Gasteiger partial charge in [0.25, 0.3) is 0 Å². The third-order valence-electron chi connectivity index (χ3n) is 9.38. The molecular formula is C42H36N4O2Pt. The van der Waals surface area contributed by atoms with Gasteiger partial charge in [-0.15, -0.1) is 0 Å². The van der Waals surface area contributed by atoms with Gasteiger partial charge in [0.1, 0.15) is 0 Å². The van der Waals surface area contributed by atoms with Crippen molar-refractivity contribution in [1.82, 2.24) is 9.80 Å². The maximum absolute atomic E-state index is 12.8. The standard InChI is InChI=1S/C42H36N4O2.Pt/c47-41(33-18-6-1-7-19-33,34-20-8-2-9-21-34)45-31-43(37-26-14-5-15-28-39(37)45)30-44-32-46(40-29-17-16-27-38(40)44)42(48,35-22-10-3-11-23-35)36-24-12-4-13-25-36;/h1-27,29,31-32,47-48H,28,30H2;/q-2;+2. The number of benzene rings is 5. The van der Waals surface area contributed by atoms with E-state index in [-0.39, 0.29) is 21.1 Å². The number of hydrogen-bond donors (Lipinski definition) is 2. The van der Waals surface area contributed by atoms with E-state index in [0.717, 1.165) is 45.0 Å². The average Bonchev–Trinajstić information content (AvgIpc) is 3.59. The van der Waals surface area contributed by atoms with Crippen LogP contribution in [0.4, 0.5) is 11.4 Å². The molecule has 0 aromatic heterocycles. The van der Waals surface area contributed by atoms with E-state index in [1.807, 2.05) is 169 Å². The van der Waals surface area contributed by atoms with E-state index >= 15 is 0 Å². The van der Waals surface area contributed by atoms with Crippen LogP contribution in [0.1, 0.15) is 28.7 Å². The zero-order valence-electron chi connectivity index (χ0n) is 26.7. The molecule has 0 spiro atoms. The van der Waals surface area contributed by atoms with Gasteiger partial charge >= 0.3 is 21.1 Å². The zero-order valence-corrected chi connectivity index (χ0v) is 29.0. The summed E-state index contributed by atoms with van der Waals surface area (Å²) in [6, 6.07) is 47.5. The molecule has 0 unspecified atom stereocenters. The molecule has 0 atom stereocenters. The summed E-state index contributed by atoms with van der Waals surface area (Å²) in [4.78, 5) is 8.31. The molecule has 0 amide bonds. The molecule has 5 aromatic carbocycles. The molecule has 3 aliphatic rings. The van der Waals surface area contributed by atoms with Gasteiger partial charge in [-0.3, -0.25) is 0 Å². The van der Waals surface area contributed by atoms with E-state index in [1.165, 1.54) is 0 Å². The monoisotopic (exact) mass is 823 g/mol. The molecule has 0 saturated heterocycles. The predicted octanol–water partition coefficient (Wildman–Crippen LogP) is 7.64. The smallest absolute Gasteiger partial charge is 0.488 e. The van der Waals surface area contributed by atoms with Gasteiger partial charge in [-0.1, -0.05) is 152 Å². The Kier molecular flexibility index (Phi) is 9.04. The van der Waals surface area contributed by atoms with Crippen LogP contribution in [0.25, 0.3) is 0 Å². The molecule has 0 fully saturated rings. The largest absolute Gasteiger partial charge is 2.00 e. The van der Waals surface area contributed by atoms with E-state index in [0.29, 0.717) is 13.1 Å². The summed E-state index contributed by atoms with van der Waals surface area (Å²) in [6.07, 6.45) is 8.98. The second-order valence-electron chi connectivity index (χ2n) is 12.2. The molecule has 49 heavy (non-hydrogen) atoms. The Morgan fingerprint density at radius 3 is 1.45 bits per heavy atom. The number of anilines is 2. The van der Waals surface area contributed by atoms with Crippen molar-refractivity contribution in [2.45, 2.75) is 17.9 Å². The molecule has 1 aliphatic carbocycles. The summed E-state index contributed by atoms with van der Waals surface area (Å²) in [5.74, 6) is 0. The summed E-state index contributed by atoms with van der Waals surface area (Å²) < 4.78 is 0. The fraction of sp³-hybridized carbons (Fsp3) is 0.0952. The Balaban J connectivity index is 0.00000378. The number of hydrogen-bond acceptors (Lipinski definition) is 6. The van der Waals surface area contributed by atoms with Crippen LogP contribution >= 0.6 is 0 Å². The maximum Gasteiger partial charge on any atom is 2.00 e. The van der Waals surface area contributed by atoms with Crippen molar-refractivity contribution >= 4 is 11.4 Å². The first-order chi connectivity index (χ1) is 23.6. The Labute approximate surface area is 302 Å². The Morgan fingerprint density at radius 1 is 0.510 bits per heavy atom. The Morgan fingerprint density at radius 2 is 0.939 bits per heavy atom. The van der Waals surface area contributed by atoms with Crippen LogP contribution in [0.3, 0.4) is 0 Å². The van der Waals surface area contributed by atoms with E-state index in [2.05, 4.69) is 34.1 Å². The number of aliphatic hydroxyl groups is 2.